The first-order valence-electron chi connectivity index (χ1n) is 4.91. The van der Waals surface area contributed by atoms with Gasteiger partial charge >= 0.3 is 0 Å². The molecule has 0 aromatic heterocycles. The highest BCUT2D eigenvalue weighted by atomic mass is 32.2. The highest BCUT2D eigenvalue weighted by molar-refractivity contribution is 8.38. The van der Waals surface area contributed by atoms with Gasteiger partial charge in [-0.25, -0.2) is 0 Å². The van der Waals surface area contributed by atoms with Crippen LogP contribution in [-0.4, -0.2) is 23.2 Å². The van der Waals surface area contributed by atoms with E-state index in [-0.39, 0.29) is 11.2 Å². The normalized spacial score (nSPS) is 27.5. The summed E-state index contributed by atoms with van der Waals surface area (Å²) in [4.78, 5) is 18.1. The Hall–Kier alpha value is 0.0200. The van der Waals surface area contributed by atoms with Gasteiger partial charge in [0.25, 0.3) is 0 Å². The molecule has 7 heteroatoms. The van der Waals surface area contributed by atoms with Crippen molar-refractivity contribution in [3.63, 3.8) is 0 Å². The monoisotopic (exact) mass is 304 g/mol. The molecule has 0 spiro atoms. The molecule has 2 aliphatic rings. The van der Waals surface area contributed by atoms with Crippen LogP contribution in [0.2, 0.25) is 0 Å². The fourth-order valence-electron chi connectivity index (χ4n) is 1.29. The molecule has 1 atom stereocenters. The number of allylic oxidation sites excluding steroid dienone is 2. The Morgan fingerprint density at radius 1 is 1.18 bits per heavy atom. The molecule has 0 aromatic rings. The second-order valence-corrected chi connectivity index (χ2v) is 8.57. The predicted octanol–water partition coefficient (Wildman–Crippen LogP) is 3.21. The number of rotatable bonds is 1. The van der Waals surface area contributed by atoms with E-state index in [0.717, 1.165) is 9.28 Å². The van der Waals surface area contributed by atoms with Crippen LogP contribution in [0.1, 0.15) is 13.8 Å². The van der Waals surface area contributed by atoms with Gasteiger partial charge < -0.3 is 5.73 Å². The highest BCUT2D eigenvalue weighted by Gasteiger charge is 2.35. The van der Waals surface area contributed by atoms with Crippen molar-refractivity contribution in [3.05, 3.63) is 18.3 Å². The summed E-state index contributed by atoms with van der Waals surface area (Å²) < 4.78 is 2.40. The number of hydrogen-bond donors (Lipinski definition) is 1. The summed E-state index contributed by atoms with van der Waals surface area (Å²) in [6.07, 6.45) is 0. The molecule has 1 unspecified atom stereocenters. The molecule has 2 rings (SSSR count). The third-order valence-corrected chi connectivity index (χ3v) is 8.24. The highest BCUT2D eigenvalue weighted by Crippen LogP contribution is 2.57. The lowest BCUT2D eigenvalue weighted by Gasteiger charge is -2.01. The summed E-state index contributed by atoms with van der Waals surface area (Å²) >= 11 is 6.63. The zero-order valence-electron chi connectivity index (χ0n) is 9.64. The van der Waals surface area contributed by atoms with Crippen molar-refractivity contribution in [2.24, 2.45) is 10.7 Å². The van der Waals surface area contributed by atoms with Gasteiger partial charge in [-0.15, -0.1) is 0 Å². The number of amides is 1. The van der Waals surface area contributed by atoms with Crippen LogP contribution < -0.4 is 5.73 Å². The molecule has 0 bridgehead atoms. The van der Waals surface area contributed by atoms with E-state index >= 15 is 0 Å². The van der Waals surface area contributed by atoms with Crippen molar-refractivity contribution in [1.82, 2.24) is 0 Å². The van der Waals surface area contributed by atoms with Gasteiger partial charge in [0.2, 0.25) is 5.91 Å². The maximum Gasteiger partial charge on any atom is 0.237 e. The Morgan fingerprint density at radius 2 is 1.76 bits per heavy atom. The molecule has 2 aliphatic heterocycles. The lowest BCUT2D eigenvalue weighted by molar-refractivity contribution is -0.116. The molecule has 92 valence electrons. The molecule has 3 nitrogen and oxygen atoms in total. The number of primary amides is 1. The first-order chi connectivity index (χ1) is 8.02. The Morgan fingerprint density at radius 3 is 2.18 bits per heavy atom. The molecule has 2 heterocycles. The van der Waals surface area contributed by atoms with Crippen LogP contribution in [0.4, 0.5) is 0 Å². The molecule has 0 saturated carbocycles. The second kappa shape index (κ2) is 5.34. The van der Waals surface area contributed by atoms with Gasteiger partial charge in [-0.3, -0.25) is 9.79 Å². The van der Waals surface area contributed by atoms with Gasteiger partial charge in [0.05, 0.1) is 13.5 Å². The zero-order valence-corrected chi connectivity index (χ0v) is 12.9. The van der Waals surface area contributed by atoms with Gasteiger partial charge in [-0.05, 0) is 23.7 Å². The van der Waals surface area contributed by atoms with Crippen LogP contribution >= 0.6 is 47.0 Å². The maximum absolute atomic E-state index is 11.3. The quantitative estimate of drug-likeness (QED) is 0.806. The summed E-state index contributed by atoms with van der Waals surface area (Å²) in [7, 11) is 1.70. The molecule has 1 fully saturated rings. The number of carbonyl (C=O) groups is 1. The second-order valence-electron chi connectivity index (χ2n) is 3.46. The van der Waals surface area contributed by atoms with E-state index in [1.807, 2.05) is 0 Å². The van der Waals surface area contributed by atoms with E-state index in [2.05, 4.69) is 18.8 Å². The van der Waals surface area contributed by atoms with Crippen molar-refractivity contribution in [3.8, 4) is 0 Å². The summed E-state index contributed by atoms with van der Waals surface area (Å²) in [5.41, 5.74) is 5.38. The van der Waals surface area contributed by atoms with E-state index in [4.69, 9.17) is 5.73 Å². The number of nitrogens with two attached hydrogens (primary N) is 1. The molecule has 2 N–H and O–H groups in total. The van der Waals surface area contributed by atoms with Crippen molar-refractivity contribution >= 4 is 58.0 Å². The van der Waals surface area contributed by atoms with E-state index in [1.165, 1.54) is 25.8 Å². The standard InChI is InChI=1S/C10H12N2OS4/c1-4-5(2)15-9(14-4)10-16-6(7(11)13)8(12-3)17-10/h6H,1-3H3,(H2,11,13). The first kappa shape index (κ1) is 13.5. The van der Waals surface area contributed by atoms with Crippen LogP contribution in [0.25, 0.3) is 0 Å². The topological polar surface area (TPSA) is 55.4 Å². The summed E-state index contributed by atoms with van der Waals surface area (Å²) in [6.45, 7) is 4.23. The number of thioether (sulfide) groups is 4. The van der Waals surface area contributed by atoms with Crippen molar-refractivity contribution in [2.45, 2.75) is 19.1 Å². The predicted molar refractivity (Wildman–Crippen MR) is 82.1 cm³/mol. The van der Waals surface area contributed by atoms with Crippen molar-refractivity contribution in [2.75, 3.05) is 7.05 Å². The van der Waals surface area contributed by atoms with Crippen LogP contribution in [-0.2, 0) is 4.79 Å². The largest absolute Gasteiger partial charge is 0.368 e. The van der Waals surface area contributed by atoms with Gasteiger partial charge in [-0.1, -0.05) is 47.0 Å². The first-order valence-corrected chi connectivity index (χ1v) is 8.23. The minimum atomic E-state index is -0.312. The molecule has 0 radical (unpaired) electrons. The van der Waals surface area contributed by atoms with Gasteiger partial charge in [0.1, 0.15) is 5.25 Å². The third-order valence-electron chi connectivity index (χ3n) is 2.28. The van der Waals surface area contributed by atoms with E-state index < -0.39 is 0 Å². The van der Waals surface area contributed by atoms with Crippen LogP contribution in [0.15, 0.2) is 23.3 Å². The minimum absolute atomic E-state index is 0.310. The lowest BCUT2D eigenvalue weighted by Crippen LogP contribution is -2.28. The van der Waals surface area contributed by atoms with Gasteiger partial charge in [-0.2, -0.15) is 0 Å². The van der Waals surface area contributed by atoms with Crippen LogP contribution in [0.5, 0.6) is 0 Å². The number of hydrogen-bond acceptors (Lipinski definition) is 6. The van der Waals surface area contributed by atoms with Crippen LogP contribution in [0, 0.1) is 0 Å². The molecule has 0 aromatic carbocycles. The minimum Gasteiger partial charge on any atom is -0.368 e. The van der Waals surface area contributed by atoms with E-state index in [9.17, 15) is 4.79 Å². The summed E-state index contributed by atoms with van der Waals surface area (Å²) in [5, 5.41) is 0.503. The Bertz CT molecular complexity index is 451. The fraction of sp³-hybridized carbons (Fsp3) is 0.400. The number of aliphatic imine (C=N–C) groups is 1. The summed E-state index contributed by atoms with van der Waals surface area (Å²) in [5.74, 6) is -0.312. The third kappa shape index (κ3) is 2.72. The van der Waals surface area contributed by atoms with Crippen molar-refractivity contribution in [1.29, 1.82) is 0 Å². The molecular formula is C10H12N2OS4. The fourth-order valence-corrected chi connectivity index (χ4v) is 6.75. The number of nitrogens with zero attached hydrogens (tertiary/aromatic N) is 1. The lowest BCUT2D eigenvalue weighted by atomic mass is 10.4. The van der Waals surface area contributed by atoms with Crippen molar-refractivity contribution < 1.29 is 4.79 Å². The Labute approximate surface area is 118 Å². The molecule has 0 aliphatic carbocycles. The maximum atomic E-state index is 11.3. The molecule has 1 amide bonds. The summed E-state index contributed by atoms with van der Waals surface area (Å²) in [6, 6.07) is 0. The van der Waals surface area contributed by atoms with E-state index in [0.29, 0.717) is 0 Å². The van der Waals surface area contributed by atoms with Gasteiger partial charge in [0, 0.05) is 7.05 Å². The van der Waals surface area contributed by atoms with Crippen LogP contribution in [0.3, 0.4) is 0 Å². The zero-order chi connectivity index (χ0) is 12.6. The van der Waals surface area contributed by atoms with Gasteiger partial charge in [0.15, 0.2) is 0 Å². The average Bonchev–Trinajstić information content (AvgIpc) is 2.83. The smallest absolute Gasteiger partial charge is 0.237 e. The van der Waals surface area contributed by atoms with E-state index in [1.54, 1.807) is 42.3 Å². The number of carbonyl (C=O) groups excluding carboxylic acids is 1. The SMILES string of the molecule is CN=C1SC(=C2SC(C)=C(C)S2)SC1C(N)=O. The average molecular weight is 304 g/mol. The molecule has 17 heavy (non-hydrogen) atoms. The Balaban J connectivity index is 2.23. The molecular weight excluding hydrogens is 292 g/mol. The molecule has 1 saturated heterocycles. The Kier molecular flexibility index (Phi) is 4.22.